The fourth-order valence-electron chi connectivity index (χ4n) is 2.79. The molecule has 1 unspecified atom stereocenters. The summed E-state index contributed by atoms with van der Waals surface area (Å²) in [5, 5.41) is 6.76. The second-order valence-corrected chi connectivity index (χ2v) is 6.45. The lowest BCUT2D eigenvalue weighted by Crippen LogP contribution is -2.32. The van der Waals surface area contributed by atoms with E-state index in [-0.39, 0.29) is 24.3 Å². The van der Waals surface area contributed by atoms with Gasteiger partial charge in [-0.2, -0.15) is 0 Å². The average molecular weight is 344 g/mol. The number of aryl methyl sites for hydroxylation is 3. The highest BCUT2D eigenvalue weighted by Gasteiger charge is 2.22. The molecule has 1 aromatic carbocycles. The fraction of sp³-hybridized carbons (Fsp3) is 0.474. The van der Waals surface area contributed by atoms with Gasteiger partial charge in [0, 0.05) is 13.2 Å². The third-order valence-corrected chi connectivity index (χ3v) is 4.58. The van der Waals surface area contributed by atoms with Crippen LogP contribution >= 0.6 is 0 Å². The van der Waals surface area contributed by atoms with E-state index in [4.69, 9.17) is 14.0 Å². The number of benzene rings is 1. The van der Waals surface area contributed by atoms with Gasteiger partial charge in [0.15, 0.2) is 5.69 Å². The summed E-state index contributed by atoms with van der Waals surface area (Å²) in [6.07, 6.45) is 2.10. The molecule has 2 heterocycles. The van der Waals surface area contributed by atoms with Gasteiger partial charge < -0.3 is 19.3 Å². The standard InChI is InChI=1S/C19H24N2O4/c1-12-6-7-15(9-13(12)2)24-11-17-14(3)25-21-18(17)19(22)20-10-16-5-4-8-23-16/h6-7,9,16H,4-5,8,10-11H2,1-3H3,(H,20,22). The Bertz CT molecular complexity index is 748. The van der Waals surface area contributed by atoms with Crippen molar-refractivity contribution in [3.05, 3.63) is 46.3 Å². The molecule has 0 aliphatic carbocycles. The van der Waals surface area contributed by atoms with Gasteiger partial charge in [-0.3, -0.25) is 4.79 Å². The lowest BCUT2D eigenvalue weighted by Gasteiger charge is -2.11. The van der Waals surface area contributed by atoms with E-state index in [1.54, 1.807) is 6.92 Å². The summed E-state index contributed by atoms with van der Waals surface area (Å²) >= 11 is 0. The minimum Gasteiger partial charge on any atom is -0.489 e. The van der Waals surface area contributed by atoms with Gasteiger partial charge in [-0.15, -0.1) is 0 Å². The summed E-state index contributed by atoms with van der Waals surface area (Å²) in [6.45, 7) is 7.36. The first-order valence-electron chi connectivity index (χ1n) is 8.59. The van der Waals surface area contributed by atoms with Crippen LogP contribution in [-0.2, 0) is 11.3 Å². The number of aromatic nitrogens is 1. The van der Waals surface area contributed by atoms with Crippen molar-refractivity contribution in [3.8, 4) is 5.75 Å². The first kappa shape index (κ1) is 17.5. The van der Waals surface area contributed by atoms with Crippen LogP contribution in [0.25, 0.3) is 0 Å². The largest absolute Gasteiger partial charge is 0.489 e. The first-order valence-corrected chi connectivity index (χ1v) is 8.59. The minimum atomic E-state index is -0.258. The van der Waals surface area contributed by atoms with Crippen molar-refractivity contribution in [2.45, 2.75) is 46.3 Å². The predicted molar refractivity (Wildman–Crippen MR) is 92.8 cm³/mol. The molecule has 3 rings (SSSR count). The molecule has 1 aliphatic heterocycles. The van der Waals surface area contributed by atoms with Crippen molar-refractivity contribution in [2.75, 3.05) is 13.2 Å². The lowest BCUT2D eigenvalue weighted by atomic mass is 10.1. The second kappa shape index (κ2) is 7.70. The Morgan fingerprint density at radius 1 is 1.32 bits per heavy atom. The maximum atomic E-state index is 12.4. The van der Waals surface area contributed by atoms with E-state index in [1.165, 1.54) is 5.56 Å². The van der Waals surface area contributed by atoms with Crippen molar-refractivity contribution in [1.82, 2.24) is 10.5 Å². The van der Waals surface area contributed by atoms with Crippen molar-refractivity contribution >= 4 is 5.91 Å². The minimum absolute atomic E-state index is 0.0900. The van der Waals surface area contributed by atoms with Crippen LogP contribution in [0, 0.1) is 20.8 Å². The number of hydrogen-bond acceptors (Lipinski definition) is 5. The van der Waals surface area contributed by atoms with Crippen LogP contribution in [0.3, 0.4) is 0 Å². The van der Waals surface area contributed by atoms with Crippen LogP contribution in [0.4, 0.5) is 0 Å². The highest BCUT2D eigenvalue weighted by Crippen LogP contribution is 2.20. The Hall–Kier alpha value is -2.34. The van der Waals surface area contributed by atoms with Crippen molar-refractivity contribution in [1.29, 1.82) is 0 Å². The molecular formula is C19H24N2O4. The molecule has 2 aromatic rings. The molecule has 6 nitrogen and oxygen atoms in total. The van der Waals surface area contributed by atoms with Gasteiger partial charge in [-0.05, 0) is 56.9 Å². The van der Waals surface area contributed by atoms with E-state index in [0.29, 0.717) is 17.9 Å². The van der Waals surface area contributed by atoms with Crippen LogP contribution in [-0.4, -0.2) is 30.3 Å². The molecule has 1 fully saturated rings. The van der Waals surface area contributed by atoms with Crippen molar-refractivity contribution in [2.24, 2.45) is 0 Å². The molecule has 134 valence electrons. The van der Waals surface area contributed by atoms with Crippen LogP contribution in [0.15, 0.2) is 22.7 Å². The van der Waals surface area contributed by atoms with Gasteiger partial charge in [-0.25, -0.2) is 0 Å². The van der Waals surface area contributed by atoms with Crippen molar-refractivity contribution in [3.63, 3.8) is 0 Å². The van der Waals surface area contributed by atoms with Gasteiger partial charge in [0.1, 0.15) is 18.1 Å². The van der Waals surface area contributed by atoms with Gasteiger partial charge in [0.25, 0.3) is 5.91 Å². The van der Waals surface area contributed by atoms with Crippen molar-refractivity contribution < 1.29 is 18.8 Å². The quantitative estimate of drug-likeness (QED) is 0.872. The maximum absolute atomic E-state index is 12.4. The zero-order valence-electron chi connectivity index (χ0n) is 14.9. The van der Waals surface area contributed by atoms with Crippen LogP contribution in [0.2, 0.25) is 0 Å². The van der Waals surface area contributed by atoms with E-state index in [0.717, 1.165) is 30.8 Å². The Morgan fingerprint density at radius 3 is 2.88 bits per heavy atom. The Labute approximate surface area is 147 Å². The number of carbonyl (C=O) groups excluding carboxylic acids is 1. The molecule has 0 spiro atoms. The molecular weight excluding hydrogens is 320 g/mol. The van der Waals surface area contributed by atoms with E-state index in [2.05, 4.69) is 17.4 Å². The molecule has 0 saturated carbocycles. The zero-order chi connectivity index (χ0) is 17.8. The number of hydrogen-bond donors (Lipinski definition) is 1. The van der Waals surface area contributed by atoms with Gasteiger partial charge in [0.2, 0.25) is 0 Å². The SMILES string of the molecule is Cc1ccc(OCc2c(C(=O)NCC3CCCO3)noc2C)cc1C. The predicted octanol–water partition coefficient (Wildman–Crippen LogP) is 3.09. The Morgan fingerprint density at radius 2 is 2.16 bits per heavy atom. The molecule has 1 saturated heterocycles. The maximum Gasteiger partial charge on any atom is 0.273 e. The summed E-state index contributed by atoms with van der Waals surface area (Å²) < 4.78 is 16.5. The highest BCUT2D eigenvalue weighted by atomic mass is 16.5. The number of ether oxygens (including phenoxy) is 2. The molecule has 1 atom stereocenters. The summed E-state index contributed by atoms with van der Waals surface area (Å²) in [4.78, 5) is 12.4. The van der Waals surface area contributed by atoms with E-state index >= 15 is 0 Å². The third-order valence-electron chi connectivity index (χ3n) is 4.58. The van der Waals surface area contributed by atoms with E-state index < -0.39 is 0 Å². The summed E-state index contributed by atoms with van der Waals surface area (Å²) in [6, 6.07) is 5.91. The molecule has 1 N–H and O–H groups in total. The number of nitrogens with one attached hydrogen (secondary N) is 1. The number of rotatable bonds is 6. The first-order chi connectivity index (χ1) is 12.0. The number of amides is 1. The number of carbonyl (C=O) groups is 1. The normalized spacial score (nSPS) is 16.8. The highest BCUT2D eigenvalue weighted by molar-refractivity contribution is 5.93. The van der Waals surface area contributed by atoms with E-state index in [1.807, 2.05) is 25.1 Å². The molecule has 1 aromatic heterocycles. The molecule has 0 bridgehead atoms. The van der Waals surface area contributed by atoms with Crippen LogP contribution < -0.4 is 10.1 Å². The Balaban J connectivity index is 1.63. The monoisotopic (exact) mass is 344 g/mol. The average Bonchev–Trinajstić information content (AvgIpc) is 3.23. The molecule has 0 radical (unpaired) electrons. The second-order valence-electron chi connectivity index (χ2n) is 6.45. The summed E-state index contributed by atoms with van der Waals surface area (Å²) in [5.74, 6) is 1.09. The molecule has 1 aliphatic rings. The smallest absolute Gasteiger partial charge is 0.273 e. The molecule has 1 amide bonds. The summed E-state index contributed by atoms with van der Waals surface area (Å²) in [5.41, 5.74) is 3.32. The van der Waals surface area contributed by atoms with Gasteiger partial charge in [-0.1, -0.05) is 11.2 Å². The van der Waals surface area contributed by atoms with Gasteiger partial charge >= 0.3 is 0 Å². The number of nitrogens with zero attached hydrogens (tertiary/aromatic N) is 1. The summed E-state index contributed by atoms with van der Waals surface area (Å²) in [7, 11) is 0. The Kier molecular flexibility index (Phi) is 5.38. The zero-order valence-corrected chi connectivity index (χ0v) is 14.9. The lowest BCUT2D eigenvalue weighted by molar-refractivity contribution is 0.0848. The van der Waals surface area contributed by atoms with E-state index in [9.17, 15) is 4.79 Å². The molecule has 25 heavy (non-hydrogen) atoms. The van der Waals surface area contributed by atoms with Crippen LogP contribution in [0.1, 0.15) is 45.8 Å². The molecule has 6 heteroatoms. The van der Waals surface area contributed by atoms with Crippen LogP contribution in [0.5, 0.6) is 5.75 Å². The topological polar surface area (TPSA) is 73.6 Å². The van der Waals surface area contributed by atoms with Gasteiger partial charge in [0.05, 0.1) is 11.7 Å². The third kappa shape index (κ3) is 4.20. The fourth-order valence-corrected chi connectivity index (χ4v) is 2.79.